The molecule has 1 N–H and O–H groups in total. The lowest BCUT2D eigenvalue weighted by Gasteiger charge is -2.22. The van der Waals surface area contributed by atoms with Gasteiger partial charge in [-0.05, 0) is 36.6 Å². The van der Waals surface area contributed by atoms with E-state index >= 15 is 0 Å². The minimum atomic E-state index is -0.918. The summed E-state index contributed by atoms with van der Waals surface area (Å²) in [6.45, 7) is 5.25. The molecule has 1 fully saturated rings. The highest BCUT2D eigenvalue weighted by Crippen LogP contribution is 2.32. The molecule has 2 aromatic carbocycles. The summed E-state index contributed by atoms with van der Waals surface area (Å²) in [6, 6.07) is 16.1. The van der Waals surface area contributed by atoms with Gasteiger partial charge in [0.1, 0.15) is 11.5 Å². The molecular weight excluding hydrogens is 410 g/mol. The Balaban J connectivity index is 1.59. The molecule has 1 aliphatic heterocycles. The van der Waals surface area contributed by atoms with Crippen LogP contribution in [0.2, 0.25) is 0 Å². The number of aliphatic imine (C=N–C) groups is 1. The number of guanidine groups is 1. The highest BCUT2D eigenvalue weighted by Gasteiger charge is 2.27. The van der Waals surface area contributed by atoms with E-state index in [0.29, 0.717) is 24.0 Å². The maximum absolute atomic E-state index is 12.4. The molecule has 0 bridgehead atoms. The highest BCUT2D eigenvalue weighted by molar-refractivity contribution is 7.84. The standard InChI is InChI=1S/C24H33N3O3S/c1-4-25-24(26-11-13-31(28)18-19-8-6-5-7-9-19)27-12-10-20(17-27)21-14-22(29-2)16-23(15-21)30-3/h5-9,14-16,20H,4,10-13,17-18H2,1-3H3,(H,25,26). The summed E-state index contributed by atoms with van der Waals surface area (Å²) < 4.78 is 23.3. The van der Waals surface area contributed by atoms with E-state index < -0.39 is 10.8 Å². The van der Waals surface area contributed by atoms with Gasteiger partial charge in [-0.2, -0.15) is 0 Å². The van der Waals surface area contributed by atoms with E-state index in [-0.39, 0.29) is 0 Å². The zero-order valence-corrected chi connectivity index (χ0v) is 19.5. The summed E-state index contributed by atoms with van der Waals surface area (Å²) in [5, 5.41) is 3.39. The summed E-state index contributed by atoms with van der Waals surface area (Å²) in [7, 11) is 2.44. The minimum Gasteiger partial charge on any atom is -0.497 e. The van der Waals surface area contributed by atoms with Crippen molar-refractivity contribution in [2.75, 3.05) is 46.2 Å². The second-order valence-electron chi connectivity index (χ2n) is 7.59. The average Bonchev–Trinajstić information content (AvgIpc) is 3.29. The van der Waals surface area contributed by atoms with Crippen LogP contribution < -0.4 is 14.8 Å². The smallest absolute Gasteiger partial charge is 0.193 e. The van der Waals surface area contributed by atoms with Crippen molar-refractivity contribution in [3.63, 3.8) is 0 Å². The van der Waals surface area contributed by atoms with E-state index in [4.69, 9.17) is 14.5 Å². The minimum absolute atomic E-state index is 0.389. The van der Waals surface area contributed by atoms with Gasteiger partial charge in [0.05, 0.1) is 20.8 Å². The molecule has 1 heterocycles. The fourth-order valence-corrected chi connectivity index (χ4v) is 4.80. The Morgan fingerprint density at radius 2 is 1.87 bits per heavy atom. The van der Waals surface area contributed by atoms with Crippen LogP contribution in [0.15, 0.2) is 53.5 Å². The SMILES string of the molecule is CCNC(=NCCS(=O)Cc1ccccc1)N1CCC(c2cc(OC)cc(OC)c2)C1. The van der Waals surface area contributed by atoms with Crippen molar-refractivity contribution >= 4 is 16.8 Å². The Labute approximate surface area is 188 Å². The Morgan fingerprint density at radius 1 is 1.16 bits per heavy atom. The van der Waals surface area contributed by atoms with E-state index in [2.05, 4.69) is 29.3 Å². The van der Waals surface area contributed by atoms with Gasteiger partial charge in [-0.3, -0.25) is 9.20 Å². The summed E-state index contributed by atoms with van der Waals surface area (Å²) in [6.07, 6.45) is 1.04. The van der Waals surface area contributed by atoms with Gasteiger partial charge in [-0.15, -0.1) is 0 Å². The molecule has 2 aromatic rings. The number of nitrogens with one attached hydrogen (secondary N) is 1. The van der Waals surface area contributed by atoms with Crippen molar-refractivity contribution in [1.29, 1.82) is 0 Å². The van der Waals surface area contributed by atoms with Gasteiger partial charge in [0.15, 0.2) is 5.96 Å². The molecule has 1 saturated heterocycles. The molecule has 0 aliphatic carbocycles. The molecule has 2 atom stereocenters. The van der Waals surface area contributed by atoms with Crippen molar-refractivity contribution in [1.82, 2.24) is 10.2 Å². The molecule has 2 unspecified atom stereocenters. The predicted octanol–water partition coefficient (Wildman–Crippen LogP) is 3.41. The van der Waals surface area contributed by atoms with E-state index in [0.717, 1.165) is 49.1 Å². The van der Waals surface area contributed by atoms with E-state index in [9.17, 15) is 4.21 Å². The molecule has 0 radical (unpaired) electrons. The third kappa shape index (κ3) is 6.72. The lowest BCUT2D eigenvalue weighted by molar-refractivity contribution is 0.392. The third-order valence-electron chi connectivity index (χ3n) is 5.42. The molecule has 1 aliphatic rings. The first kappa shape index (κ1) is 23.1. The number of nitrogens with zero attached hydrogens (tertiary/aromatic N) is 2. The number of rotatable bonds is 9. The normalized spacial score (nSPS) is 17.5. The molecular formula is C24H33N3O3S. The molecule has 3 rings (SSSR count). The van der Waals surface area contributed by atoms with Crippen LogP contribution in [0.3, 0.4) is 0 Å². The third-order valence-corrected chi connectivity index (χ3v) is 6.71. The number of methoxy groups -OCH3 is 2. The molecule has 6 nitrogen and oxygen atoms in total. The van der Waals surface area contributed by atoms with Crippen molar-refractivity contribution in [2.45, 2.75) is 25.0 Å². The van der Waals surface area contributed by atoms with Gasteiger partial charge in [-0.25, -0.2) is 0 Å². The largest absolute Gasteiger partial charge is 0.497 e. The molecule has 7 heteroatoms. The Morgan fingerprint density at radius 3 is 2.52 bits per heavy atom. The quantitative estimate of drug-likeness (QED) is 0.475. The predicted molar refractivity (Wildman–Crippen MR) is 128 cm³/mol. The summed E-state index contributed by atoms with van der Waals surface area (Å²) >= 11 is 0. The van der Waals surface area contributed by atoms with Crippen molar-refractivity contribution in [2.24, 2.45) is 4.99 Å². The van der Waals surface area contributed by atoms with Crippen LogP contribution in [0, 0.1) is 0 Å². The van der Waals surface area contributed by atoms with Gasteiger partial charge in [0.25, 0.3) is 0 Å². The highest BCUT2D eigenvalue weighted by atomic mass is 32.2. The van der Waals surface area contributed by atoms with E-state index in [1.54, 1.807) is 14.2 Å². The maximum Gasteiger partial charge on any atom is 0.193 e. The van der Waals surface area contributed by atoms with Crippen LogP contribution in [-0.2, 0) is 16.6 Å². The number of hydrogen-bond donors (Lipinski definition) is 1. The number of likely N-dealkylation sites (tertiary alicyclic amines) is 1. The first-order valence-electron chi connectivity index (χ1n) is 10.8. The first-order chi connectivity index (χ1) is 15.1. The van der Waals surface area contributed by atoms with E-state index in [1.165, 1.54) is 5.56 Å². The Bertz CT molecular complexity index is 867. The summed E-state index contributed by atoms with van der Waals surface area (Å²) in [5.41, 5.74) is 2.33. The lowest BCUT2D eigenvalue weighted by atomic mass is 9.98. The summed E-state index contributed by atoms with van der Waals surface area (Å²) in [5.74, 6) is 4.06. The second-order valence-corrected chi connectivity index (χ2v) is 9.16. The summed E-state index contributed by atoms with van der Waals surface area (Å²) in [4.78, 5) is 7.05. The maximum atomic E-state index is 12.4. The Hall–Kier alpha value is -2.54. The number of ether oxygens (including phenoxy) is 2. The number of benzene rings is 2. The van der Waals surface area contributed by atoms with Crippen LogP contribution in [0.4, 0.5) is 0 Å². The molecule has 0 spiro atoms. The molecule has 168 valence electrons. The second kappa shape index (κ2) is 11.7. The van der Waals surface area contributed by atoms with Gasteiger partial charge < -0.3 is 19.7 Å². The van der Waals surface area contributed by atoms with Gasteiger partial charge in [0, 0.05) is 53.9 Å². The zero-order chi connectivity index (χ0) is 22.1. The van der Waals surface area contributed by atoms with Crippen molar-refractivity contribution in [3.05, 3.63) is 59.7 Å². The van der Waals surface area contributed by atoms with Crippen LogP contribution in [-0.4, -0.2) is 61.2 Å². The van der Waals surface area contributed by atoms with Gasteiger partial charge in [0.2, 0.25) is 0 Å². The topological polar surface area (TPSA) is 63.2 Å². The molecule has 31 heavy (non-hydrogen) atoms. The monoisotopic (exact) mass is 443 g/mol. The fourth-order valence-electron chi connectivity index (χ4n) is 3.80. The van der Waals surface area contributed by atoms with Gasteiger partial charge >= 0.3 is 0 Å². The molecule has 0 aromatic heterocycles. The molecule has 0 amide bonds. The number of hydrogen-bond acceptors (Lipinski definition) is 4. The zero-order valence-electron chi connectivity index (χ0n) is 18.7. The van der Waals surface area contributed by atoms with Crippen LogP contribution in [0.25, 0.3) is 0 Å². The lowest BCUT2D eigenvalue weighted by Crippen LogP contribution is -2.40. The van der Waals surface area contributed by atoms with Gasteiger partial charge in [-0.1, -0.05) is 30.3 Å². The van der Waals surface area contributed by atoms with Crippen LogP contribution >= 0.6 is 0 Å². The Kier molecular flexibility index (Phi) is 8.76. The first-order valence-corrected chi connectivity index (χ1v) is 12.3. The molecule has 0 saturated carbocycles. The van der Waals surface area contributed by atoms with E-state index in [1.807, 2.05) is 36.4 Å². The average molecular weight is 444 g/mol. The van der Waals surface area contributed by atoms with Crippen LogP contribution in [0.5, 0.6) is 11.5 Å². The van der Waals surface area contributed by atoms with Crippen LogP contribution in [0.1, 0.15) is 30.4 Å². The van der Waals surface area contributed by atoms with Crippen molar-refractivity contribution < 1.29 is 13.7 Å². The van der Waals surface area contributed by atoms with Crippen molar-refractivity contribution in [3.8, 4) is 11.5 Å². The fraction of sp³-hybridized carbons (Fsp3) is 0.458.